The van der Waals surface area contributed by atoms with Crippen molar-refractivity contribution in [2.24, 2.45) is 5.92 Å². The van der Waals surface area contributed by atoms with Crippen LogP contribution in [0.4, 0.5) is 0 Å². The lowest BCUT2D eigenvalue weighted by Gasteiger charge is -2.30. The average molecular weight is 262 g/mol. The Morgan fingerprint density at radius 1 is 1.29 bits per heavy atom. The smallest absolute Gasteiger partial charge is 0.229 e. The van der Waals surface area contributed by atoms with E-state index in [0.717, 1.165) is 0 Å². The fourth-order valence-electron chi connectivity index (χ4n) is 2.25. The van der Waals surface area contributed by atoms with Crippen LogP contribution in [-0.2, 0) is 19.4 Å². The number of hydrogen-bond acceptors (Lipinski definition) is 5. The monoisotopic (exact) mass is 262 g/mol. The number of carbonyl (C=O) groups is 1. The fourth-order valence-corrected chi connectivity index (χ4v) is 3.45. The van der Waals surface area contributed by atoms with Gasteiger partial charge in [-0.3, -0.25) is 4.79 Å². The Kier molecular flexibility index (Phi) is 3.70. The third kappa shape index (κ3) is 2.78. The van der Waals surface area contributed by atoms with Gasteiger partial charge in [0.05, 0.1) is 30.6 Å². The maximum absolute atomic E-state index is 12.2. The van der Waals surface area contributed by atoms with Gasteiger partial charge in [0.15, 0.2) is 9.84 Å². The summed E-state index contributed by atoms with van der Waals surface area (Å²) in [5, 5.41) is 3.06. The molecule has 0 bridgehead atoms. The highest BCUT2D eigenvalue weighted by Gasteiger charge is 2.37. The second kappa shape index (κ2) is 4.91. The summed E-state index contributed by atoms with van der Waals surface area (Å²) < 4.78 is 27.9. The van der Waals surface area contributed by atoms with Gasteiger partial charge in [0.25, 0.3) is 0 Å². The Morgan fingerprint density at radius 3 is 2.53 bits per heavy atom. The third-order valence-corrected chi connectivity index (χ3v) is 5.03. The Balaban J connectivity index is 1.97. The molecule has 2 aliphatic rings. The van der Waals surface area contributed by atoms with Crippen molar-refractivity contribution in [1.29, 1.82) is 0 Å². The number of sulfone groups is 1. The predicted octanol–water partition coefficient (Wildman–Crippen LogP) is -1.52. The lowest BCUT2D eigenvalue weighted by Crippen LogP contribution is -2.50. The van der Waals surface area contributed by atoms with Crippen LogP contribution in [-0.4, -0.2) is 70.1 Å². The van der Waals surface area contributed by atoms with Gasteiger partial charge in [-0.2, -0.15) is 0 Å². The van der Waals surface area contributed by atoms with Crippen molar-refractivity contribution in [2.75, 3.05) is 44.9 Å². The summed E-state index contributed by atoms with van der Waals surface area (Å²) in [5.41, 5.74) is 0. The van der Waals surface area contributed by atoms with E-state index in [1.165, 1.54) is 0 Å². The molecule has 0 aromatic heterocycles. The Labute approximate surface area is 101 Å². The number of rotatable bonds is 2. The number of likely N-dealkylation sites (N-methyl/N-ethyl adjacent to an activating group) is 1. The Bertz CT molecular complexity index is 381. The van der Waals surface area contributed by atoms with E-state index >= 15 is 0 Å². The van der Waals surface area contributed by atoms with Crippen LogP contribution >= 0.6 is 0 Å². The molecule has 98 valence electrons. The number of carbonyl (C=O) groups excluding carboxylic acids is 1. The molecule has 1 amide bonds. The number of nitrogens with one attached hydrogen (secondary N) is 1. The molecule has 2 unspecified atom stereocenters. The molecule has 2 saturated heterocycles. The first kappa shape index (κ1) is 12.8. The fraction of sp³-hybridized carbons (Fsp3) is 0.900. The van der Waals surface area contributed by atoms with Crippen LogP contribution < -0.4 is 5.32 Å². The molecule has 0 aliphatic carbocycles. The largest absolute Gasteiger partial charge is 0.379 e. The first-order chi connectivity index (χ1) is 8.03. The van der Waals surface area contributed by atoms with E-state index in [4.69, 9.17) is 4.74 Å². The van der Waals surface area contributed by atoms with Crippen molar-refractivity contribution in [3.05, 3.63) is 0 Å². The second-order valence-electron chi connectivity index (χ2n) is 4.52. The molecule has 2 aliphatic heterocycles. The molecule has 2 heterocycles. The maximum atomic E-state index is 12.2. The van der Waals surface area contributed by atoms with E-state index in [0.29, 0.717) is 26.3 Å². The van der Waals surface area contributed by atoms with Crippen LogP contribution in [0.2, 0.25) is 0 Å². The molecule has 0 spiro atoms. The highest BCUT2D eigenvalue weighted by atomic mass is 32.2. The minimum atomic E-state index is -2.93. The molecule has 0 saturated carbocycles. The number of ether oxygens (including phenoxy) is 1. The molecule has 2 rings (SSSR count). The summed E-state index contributed by atoms with van der Waals surface area (Å²) in [7, 11) is -1.13. The number of nitrogens with zero attached hydrogens (tertiary/aromatic N) is 1. The normalized spacial score (nSPS) is 32.6. The van der Waals surface area contributed by atoms with Crippen molar-refractivity contribution in [1.82, 2.24) is 10.2 Å². The zero-order chi connectivity index (χ0) is 12.5. The van der Waals surface area contributed by atoms with Gasteiger partial charge in [0.2, 0.25) is 5.91 Å². The first-order valence-corrected chi connectivity index (χ1v) is 7.60. The van der Waals surface area contributed by atoms with Gasteiger partial charge in [-0.15, -0.1) is 0 Å². The highest BCUT2D eigenvalue weighted by molar-refractivity contribution is 7.91. The molecular formula is C10H18N2O4S. The average Bonchev–Trinajstić information content (AvgIpc) is 2.76. The minimum Gasteiger partial charge on any atom is -0.379 e. The van der Waals surface area contributed by atoms with E-state index < -0.39 is 9.84 Å². The van der Waals surface area contributed by atoms with Crippen LogP contribution in [0.15, 0.2) is 0 Å². The summed E-state index contributed by atoms with van der Waals surface area (Å²) in [6, 6.07) is 0.0426. The van der Waals surface area contributed by atoms with Crippen LogP contribution in [0.3, 0.4) is 0 Å². The van der Waals surface area contributed by atoms with Crippen molar-refractivity contribution in [3.8, 4) is 0 Å². The van der Waals surface area contributed by atoms with E-state index in [2.05, 4.69) is 5.32 Å². The van der Waals surface area contributed by atoms with Crippen molar-refractivity contribution >= 4 is 15.7 Å². The van der Waals surface area contributed by atoms with Gasteiger partial charge >= 0.3 is 0 Å². The Hall–Kier alpha value is -0.660. The lowest BCUT2D eigenvalue weighted by molar-refractivity contribution is -0.135. The highest BCUT2D eigenvalue weighted by Crippen LogP contribution is 2.18. The second-order valence-corrected chi connectivity index (χ2v) is 6.82. The molecule has 1 N–H and O–H groups in total. The van der Waals surface area contributed by atoms with Gasteiger partial charge < -0.3 is 15.0 Å². The molecule has 2 atom stereocenters. The van der Waals surface area contributed by atoms with E-state index in [9.17, 15) is 13.2 Å². The molecule has 0 aromatic rings. The topological polar surface area (TPSA) is 75.7 Å². The van der Waals surface area contributed by atoms with Crippen LogP contribution in [0, 0.1) is 5.92 Å². The molecule has 7 heteroatoms. The summed E-state index contributed by atoms with van der Waals surface area (Å²) >= 11 is 0. The number of hydrogen-bond donors (Lipinski definition) is 1. The Morgan fingerprint density at radius 2 is 1.94 bits per heavy atom. The standard InChI is InChI=1S/C10H18N2O4S/c1-11-9-7-16-6-8(9)10(13)12-2-4-17(14,15)5-3-12/h8-9,11H,2-7H2,1H3. The van der Waals surface area contributed by atoms with Gasteiger partial charge in [-0.1, -0.05) is 0 Å². The van der Waals surface area contributed by atoms with Gasteiger partial charge in [0, 0.05) is 19.1 Å². The SMILES string of the molecule is CNC1COCC1C(=O)N1CCS(=O)(=O)CC1. The third-order valence-electron chi connectivity index (χ3n) is 3.42. The van der Waals surface area contributed by atoms with Crippen LogP contribution in [0.1, 0.15) is 0 Å². The molecule has 0 aromatic carbocycles. The van der Waals surface area contributed by atoms with Crippen molar-refractivity contribution < 1.29 is 17.9 Å². The summed E-state index contributed by atoms with van der Waals surface area (Å²) in [5.74, 6) is -0.00914. The minimum absolute atomic E-state index is 0.0109. The van der Waals surface area contributed by atoms with Gasteiger partial charge in [-0.05, 0) is 7.05 Å². The van der Waals surface area contributed by atoms with E-state index in [-0.39, 0.29) is 29.4 Å². The van der Waals surface area contributed by atoms with Crippen LogP contribution in [0.5, 0.6) is 0 Å². The van der Waals surface area contributed by atoms with Crippen LogP contribution in [0.25, 0.3) is 0 Å². The summed E-state index contributed by atoms with van der Waals surface area (Å²) in [4.78, 5) is 13.8. The molecular weight excluding hydrogens is 244 g/mol. The van der Waals surface area contributed by atoms with Gasteiger partial charge in [0.1, 0.15) is 0 Å². The maximum Gasteiger partial charge on any atom is 0.229 e. The predicted molar refractivity (Wildman–Crippen MR) is 62.4 cm³/mol. The molecule has 2 fully saturated rings. The zero-order valence-corrected chi connectivity index (χ0v) is 10.7. The first-order valence-electron chi connectivity index (χ1n) is 5.78. The summed E-state index contributed by atoms with van der Waals surface area (Å²) in [6.07, 6.45) is 0. The molecule has 6 nitrogen and oxygen atoms in total. The summed E-state index contributed by atoms with van der Waals surface area (Å²) in [6.45, 7) is 1.59. The lowest BCUT2D eigenvalue weighted by atomic mass is 10.0. The molecule has 0 radical (unpaired) electrons. The number of amides is 1. The van der Waals surface area contributed by atoms with E-state index in [1.54, 1.807) is 11.9 Å². The zero-order valence-electron chi connectivity index (χ0n) is 9.89. The molecule has 17 heavy (non-hydrogen) atoms. The van der Waals surface area contributed by atoms with Crippen molar-refractivity contribution in [2.45, 2.75) is 6.04 Å². The quantitative estimate of drug-likeness (QED) is 0.654. The van der Waals surface area contributed by atoms with E-state index in [1.807, 2.05) is 0 Å². The van der Waals surface area contributed by atoms with Crippen molar-refractivity contribution in [3.63, 3.8) is 0 Å². The van der Waals surface area contributed by atoms with Gasteiger partial charge in [-0.25, -0.2) is 8.42 Å².